The van der Waals surface area contributed by atoms with Gasteiger partial charge >= 0.3 is 0 Å². The highest BCUT2D eigenvalue weighted by Crippen LogP contribution is 2.49. The van der Waals surface area contributed by atoms with E-state index in [2.05, 4.69) is 23.9 Å². The van der Waals surface area contributed by atoms with Gasteiger partial charge in [-0.05, 0) is 38.1 Å². The molecule has 4 heterocycles. The minimum Gasteiger partial charge on any atom is -0.387 e. The number of aliphatic hydroxyl groups is 1. The number of hydrogen-bond acceptors (Lipinski definition) is 5. The summed E-state index contributed by atoms with van der Waals surface area (Å²) < 4.78 is 28.2. The van der Waals surface area contributed by atoms with E-state index in [-0.39, 0.29) is 24.8 Å². The Kier molecular flexibility index (Phi) is 4.18. The van der Waals surface area contributed by atoms with E-state index in [1.807, 2.05) is 35.1 Å². The van der Waals surface area contributed by atoms with Gasteiger partial charge in [0.2, 0.25) is 5.92 Å². The predicted molar refractivity (Wildman–Crippen MR) is 109 cm³/mol. The van der Waals surface area contributed by atoms with Gasteiger partial charge in [-0.2, -0.15) is 5.10 Å². The fourth-order valence-corrected chi connectivity index (χ4v) is 4.86. The lowest BCUT2D eigenvalue weighted by molar-refractivity contribution is -0.141. The van der Waals surface area contributed by atoms with Crippen LogP contribution in [-0.2, 0) is 0 Å². The first-order chi connectivity index (χ1) is 13.8. The molecule has 0 unspecified atom stereocenters. The third-order valence-corrected chi connectivity index (χ3v) is 6.58. The van der Waals surface area contributed by atoms with Crippen molar-refractivity contribution in [2.24, 2.45) is 5.92 Å². The molecule has 29 heavy (non-hydrogen) atoms. The highest BCUT2D eigenvalue weighted by Gasteiger charge is 2.48. The minimum absolute atomic E-state index is 0.253. The Hall–Kier alpha value is -2.45. The highest BCUT2D eigenvalue weighted by molar-refractivity contribution is 7.18. The van der Waals surface area contributed by atoms with Gasteiger partial charge in [-0.1, -0.05) is 0 Å². The zero-order valence-corrected chi connectivity index (χ0v) is 16.8. The molecule has 0 radical (unpaired) electrons. The van der Waals surface area contributed by atoms with Gasteiger partial charge in [0.1, 0.15) is 4.83 Å². The molecular weight excluding hydrogens is 394 g/mol. The van der Waals surface area contributed by atoms with Gasteiger partial charge in [0.05, 0.1) is 11.8 Å². The number of hydrogen-bond donors (Lipinski definition) is 1. The van der Waals surface area contributed by atoms with Crippen LogP contribution in [0.5, 0.6) is 0 Å². The maximum Gasteiger partial charge on any atom is 0.248 e. The first-order valence-electron chi connectivity index (χ1n) is 9.61. The maximum absolute atomic E-state index is 13.1. The van der Waals surface area contributed by atoms with Gasteiger partial charge in [0, 0.05) is 58.4 Å². The summed E-state index contributed by atoms with van der Waals surface area (Å²) >= 11 is 1.36. The lowest BCUT2D eigenvalue weighted by Gasteiger charge is -2.37. The Morgan fingerprint density at radius 2 is 2.00 bits per heavy atom. The second kappa shape index (κ2) is 6.53. The van der Waals surface area contributed by atoms with Gasteiger partial charge in [-0.3, -0.25) is 4.68 Å². The normalized spacial score (nSPS) is 17.9. The van der Waals surface area contributed by atoms with E-state index >= 15 is 0 Å². The number of rotatable bonds is 4. The average Bonchev–Trinajstić information content (AvgIpc) is 3.28. The molecule has 0 aromatic carbocycles. The number of aromatic nitrogens is 4. The molecule has 1 fully saturated rings. The van der Waals surface area contributed by atoms with Crippen molar-refractivity contribution in [2.45, 2.75) is 44.8 Å². The van der Waals surface area contributed by atoms with Crippen LogP contribution in [0.15, 0.2) is 36.7 Å². The summed E-state index contributed by atoms with van der Waals surface area (Å²) in [4.78, 5) is 10.6. The fourth-order valence-electron chi connectivity index (χ4n) is 3.75. The zero-order valence-electron chi connectivity index (χ0n) is 16.0. The quantitative estimate of drug-likeness (QED) is 0.488. The van der Waals surface area contributed by atoms with Gasteiger partial charge in [-0.15, -0.1) is 11.3 Å². The van der Waals surface area contributed by atoms with Crippen molar-refractivity contribution in [3.8, 4) is 11.3 Å². The van der Waals surface area contributed by atoms with Crippen molar-refractivity contribution < 1.29 is 13.9 Å². The first kappa shape index (κ1) is 18.6. The summed E-state index contributed by atoms with van der Waals surface area (Å²) in [7, 11) is 0. The number of thiophene rings is 1. The molecule has 0 aliphatic heterocycles. The van der Waals surface area contributed by atoms with Gasteiger partial charge in [0.25, 0.3) is 0 Å². The highest BCUT2D eigenvalue weighted by atomic mass is 32.1. The van der Waals surface area contributed by atoms with Crippen molar-refractivity contribution in [1.29, 1.82) is 0 Å². The fraction of sp³-hybridized carbons (Fsp3) is 0.381. The Balaban J connectivity index is 1.46. The number of pyridine rings is 2. The molecule has 0 saturated heterocycles. The third kappa shape index (κ3) is 3.30. The monoisotopic (exact) mass is 414 g/mol. The van der Waals surface area contributed by atoms with Crippen LogP contribution in [0.2, 0.25) is 0 Å². The molecule has 4 aromatic rings. The van der Waals surface area contributed by atoms with E-state index in [1.165, 1.54) is 11.3 Å². The van der Waals surface area contributed by atoms with E-state index in [1.54, 1.807) is 6.20 Å². The Bertz CT molecular complexity index is 1210. The first-order valence-corrected chi connectivity index (χ1v) is 10.4. The van der Waals surface area contributed by atoms with E-state index in [9.17, 15) is 13.9 Å². The topological polar surface area (TPSA) is 63.8 Å². The van der Waals surface area contributed by atoms with Crippen LogP contribution < -0.4 is 0 Å². The van der Waals surface area contributed by atoms with Crippen LogP contribution in [0.1, 0.15) is 43.7 Å². The summed E-state index contributed by atoms with van der Waals surface area (Å²) in [5.74, 6) is -3.02. The van der Waals surface area contributed by atoms with Crippen molar-refractivity contribution in [3.05, 3.63) is 41.5 Å². The zero-order chi connectivity index (χ0) is 20.3. The van der Waals surface area contributed by atoms with Crippen molar-refractivity contribution in [1.82, 2.24) is 19.7 Å². The van der Waals surface area contributed by atoms with Gasteiger partial charge < -0.3 is 5.11 Å². The molecule has 0 bridgehead atoms. The van der Waals surface area contributed by atoms with Gasteiger partial charge in [0.15, 0.2) is 5.65 Å². The SMILES string of the molecule is CC(C)n1cc2cc(-c3ccc4cc([C@@H](O)C5CC(F)(F)C5)sc4n3)cnc2n1. The van der Waals surface area contributed by atoms with Gasteiger partial charge in [-0.25, -0.2) is 18.7 Å². The van der Waals surface area contributed by atoms with E-state index in [0.717, 1.165) is 26.9 Å². The predicted octanol–water partition coefficient (Wildman–Crippen LogP) is 5.37. The lowest BCUT2D eigenvalue weighted by atomic mass is 9.77. The Labute approximate surface area is 170 Å². The average molecular weight is 414 g/mol. The number of halogens is 2. The Morgan fingerprint density at radius 3 is 2.72 bits per heavy atom. The van der Waals surface area contributed by atoms with Crippen LogP contribution in [-0.4, -0.2) is 30.8 Å². The molecule has 1 N–H and O–H groups in total. The summed E-state index contributed by atoms with van der Waals surface area (Å²) in [6.45, 7) is 4.13. The summed E-state index contributed by atoms with van der Waals surface area (Å²) in [6.07, 6.45) is 2.36. The van der Waals surface area contributed by atoms with Crippen LogP contribution in [0.25, 0.3) is 32.5 Å². The number of nitrogens with zero attached hydrogens (tertiary/aromatic N) is 4. The summed E-state index contributed by atoms with van der Waals surface area (Å²) in [5.41, 5.74) is 2.36. The molecule has 1 atom stereocenters. The maximum atomic E-state index is 13.1. The van der Waals surface area contributed by atoms with Crippen LogP contribution in [0, 0.1) is 5.92 Å². The molecular formula is C21H20F2N4OS. The van der Waals surface area contributed by atoms with E-state index < -0.39 is 12.0 Å². The Morgan fingerprint density at radius 1 is 1.21 bits per heavy atom. The van der Waals surface area contributed by atoms with Crippen molar-refractivity contribution in [2.75, 3.05) is 0 Å². The summed E-state index contributed by atoms with van der Waals surface area (Å²) in [6, 6.07) is 7.99. The molecule has 5 rings (SSSR count). The van der Waals surface area contributed by atoms with Crippen LogP contribution >= 0.6 is 11.3 Å². The molecule has 0 amide bonds. The standard InChI is InChI=1S/C21H20F2N4OS/c1-11(2)27-10-14-5-13(9-24-19(14)26-27)16-4-3-12-6-17(29-20(12)25-16)18(28)15-7-21(22,23)8-15/h3-6,9-11,15,18,28H,7-8H2,1-2H3/t18-/m0/s1. The van der Waals surface area contributed by atoms with Crippen molar-refractivity contribution in [3.63, 3.8) is 0 Å². The smallest absolute Gasteiger partial charge is 0.248 e. The molecule has 4 aromatic heterocycles. The second-order valence-corrected chi connectivity index (χ2v) is 9.11. The van der Waals surface area contributed by atoms with Crippen LogP contribution in [0.4, 0.5) is 8.78 Å². The number of alkyl halides is 2. The summed E-state index contributed by atoms with van der Waals surface area (Å²) in [5, 5.41) is 16.8. The molecule has 1 aliphatic carbocycles. The number of aliphatic hydroxyl groups excluding tert-OH is 1. The van der Waals surface area contributed by atoms with Crippen molar-refractivity contribution >= 4 is 32.6 Å². The molecule has 1 saturated carbocycles. The van der Waals surface area contributed by atoms with E-state index in [4.69, 9.17) is 4.98 Å². The minimum atomic E-state index is -2.64. The molecule has 150 valence electrons. The van der Waals surface area contributed by atoms with E-state index in [0.29, 0.717) is 10.5 Å². The van der Waals surface area contributed by atoms with Crippen LogP contribution in [0.3, 0.4) is 0 Å². The second-order valence-electron chi connectivity index (χ2n) is 8.05. The largest absolute Gasteiger partial charge is 0.387 e. The lowest BCUT2D eigenvalue weighted by Crippen LogP contribution is -2.38. The molecule has 8 heteroatoms. The molecule has 5 nitrogen and oxygen atoms in total. The third-order valence-electron chi connectivity index (χ3n) is 5.46. The molecule has 1 aliphatic rings. The molecule has 0 spiro atoms. The number of fused-ring (bicyclic) bond motifs is 2.